The van der Waals surface area contributed by atoms with E-state index < -0.39 is 0 Å². The quantitative estimate of drug-likeness (QED) is 0.774. The summed E-state index contributed by atoms with van der Waals surface area (Å²) in [5.41, 5.74) is 0. The summed E-state index contributed by atoms with van der Waals surface area (Å²) in [4.78, 5) is 5.26. The van der Waals surface area contributed by atoms with E-state index >= 15 is 0 Å². The standard InChI is InChI=1S/C17H34N2/c1-13(2)16-6-8-19(9-7-16)12-17-14(3)10-18(5)11-15(17)4/h13-17H,6-12H2,1-5H3/t14-,15+,17?. The second-order valence-corrected chi connectivity index (χ2v) is 7.72. The van der Waals surface area contributed by atoms with Crippen molar-refractivity contribution in [1.29, 1.82) is 0 Å². The van der Waals surface area contributed by atoms with Gasteiger partial charge in [0.05, 0.1) is 0 Å². The van der Waals surface area contributed by atoms with Crippen LogP contribution in [0.2, 0.25) is 0 Å². The molecule has 112 valence electrons. The molecule has 2 fully saturated rings. The maximum absolute atomic E-state index is 2.75. The molecule has 2 saturated heterocycles. The first-order valence-electron chi connectivity index (χ1n) is 8.38. The monoisotopic (exact) mass is 266 g/mol. The van der Waals surface area contributed by atoms with Gasteiger partial charge >= 0.3 is 0 Å². The van der Waals surface area contributed by atoms with Crippen molar-refractivity contribution in [2.24, 2.45) is 29.6 Å². The Labute approximate surface area is 120 Å². The molecule has 3 atom stereocenters. The molecule has 0 aromatic heterocycles. The van der Waals surface area contributed by atoms with Crippen LogP contribution in [0.3, 0.4) is 0 Å². The zero-order valence-electron chi connectivity index (χ0n) is 13.7. The molecule has 0 spiro atoms. The van der Waals surface area contributed by atoms with E-state index in [1.165, 1.54) is 45.6 Å². The number of nitrogens with zero attached hydrogens (tertiary/aromatic N) is 2. The van der Waals surface area contributed by atoms with Gasteiger partial charge in [0.25, 0.3) is 0 Å². The fourth-order valence-electron chi connectivity index (χ4n) is 4.35. The Hall–Kier alpha value is -0.0800. The molecule has 0 aromatic carbocycles. The van der Waals surface area contributed by atoms with Crippen LogP contribution in [0.15, 0.2) is 0 Å². The number of piperidine rings is 2. The minimum absolute atomic E-state index is 0.858. The van der Waals surface area contributed by atoms with E-state index in [0.717, 1.165) is 29.6 Å². The predicted octanol–water partition coefficient (Wildman–Crippen LogP) is 3.19. The molecule has 2 rings (SSSR count). The van der Waals surface area contributed by atoms with Crippen LogP contribution >= 0.6 is 0 Å². The molecule has 2 aliphatic rings. The summed E-state index contributed by atoms with van der Waals surface area (Å²) in [5.74, 6) is 4.48. The van der Waals surface area contributed by atoms with Crippen molar-refractivity contribution in [3.8, 4) is 0 Å². The van der Waals surface area contributed by atoms with Crippen LogP contribution in [0.5, 0.6) is 0 Å². The lowest BCUT2D eigenvalue weighted by molar-refractivity contribution is 0.0507. The molecule has 0 aliphatic carbocycles. The molecule has 0 radical (unpaired) electrons. The molecular weight excluding hydrogens is 232 g/mol. The van der Waals surface area contributed by atoms with Gasteiger partial charge in [-0.25, -0.2) is 0 Å². The van der Waals surface area contributed by atoms with Crippen molar-refractivity contribution < 1.29 is 0 Å². The van der Waals surface area contributed by atoms with E-state index in [2.05, 4.69) is 44.5 Å². The minimum Gasteiger partial charge on any atom is -0.306 e. The van der Waals surface area contributed by atoms with Gasteiger partial charge in [0.1, 0.15) is 0 Å². The molecule has 0 bridgehead atoms. The largest absolute Gasteiger partial charge is 0.306 e. The van der Waals surface area contributed by atoms with Gasteiger partial charge in [0, 0.05) is 19.6 Å². The topological polar surface area (TPSA) is 6.48 Å². The zero-order chi connectivity index (χ0) is 14.0. The number of likely N-dealkylation sites (tertiary alicyclic amines) is 2. The molecule has 2 heterocycles. The van der Waals surface area contributed by atoms with E-state index in [1.54, 1.807) is 0 Å². The van der Waals surface area contributed by atoms with Crippen LogP contribution in [-0.2, 0) is 0 Å². The van der Waals surface area contributed by atoms with Crippen molar-refractivity contribution >= 4 is 0 Å². The fraction of sp³-hybridized carbons (Fsp3) is 1.00. The Morgan fingerprint density at radius 2 is 1.53 bits per heavy atom. The molecule has 0 amide bonds. The molecule has 0 aromatic rings. The molecule has 2 heteroatoms. The van der Waals surface area contributed by atoms with Gasteiger partial charge in [0.15, 0.2) is 0 Å². The Morgan fingerprint density at radius 1 is 1.00 bits per heavy atom. The highest BCUT2D eigenvalue weighted by molar-refractivity contribution is 4.85. The number of hydrogen-bond acceptors (Lipinski definition) is 2. The van der Waals surface area contributed by atoms with Crippen molar-refractivity contribution in [3.63, 3.8) is 0 Å². The third-order valence-corrected chi connectivity index (χ3v) is 5.71. The van der Waals surface area contributed by atoms with Gasteiger partial charge in [-0.3, -0.25) is 0 Å². The van der Waals surface area contributed by atoms with Crippen LogP contribution in [-0.4, -0.2) is 49.6 Å². The van der Waals surface area contributed by atoms with Crippen molar-refractivity contribution in [2.75, 3.05) is 39.8 Å². The van der Waals surface area contributed by atoms with Crippen molar-refractivity contribution in [3.05, 3.63) is 0 Å². The summed E-state index contributed by atoms with van der Waals surface area (Å²) in [6, 6.07) is 0. The highest BCUT2D eigenvalue weighted by Gasteiger charge is 2.32. The third kappa shape index (κ3) is 3.95. The lowest BCUT2D eigenvalue weighted by Crippen LogP contribution is -2.48. The molecular formula is C17H34N2. The lowest BCUT2D eigenvalue weighted by atomic mass is 9.78. The Morgan fingerprint density at radius 3 is 2.00 bits per heavy atom. The zero-order valence-corrected chi connectivity index (χ0v) is 13.7. The van der Waals surface area contributed by atoms with Crippen molar-refractivity contribution in [1.82, 2.24) is 9.80 Å². The smallest absolute Gasteiger partial charge is 0.00157 e. The van der Waals surface area contributed by atoms with Gasteiger partial charge in [0.2, 0.25) is 0 Å². The molecule has 19 heavy (non-hydrogen) atoms. The average molecular weight is 266 g/mol. The fourth-order valence-corrected chi connectivity index (χ4v) is 4.35. The Bertz CT molecular complexity index is 256. The van der Waals surface area contributed by atoms with E-state index in [1.807, 2.05) is 0 Å². The van der Waals surface area contributed by atoms with Gasteiger partial charge in [-0.05, 0) is 62.6 Å². The number of rotatable bonds is 3. The highest BCUT2D eigenvalue weighted by Crippen LogP contribution is 2.31. The summed E-state index contributed by atoms with van der Waals surface area (Å²) in [5, 5.41) is 0. The molecule has 0 N–H and O–H groups in total. The maximum Gasteiger partial charge on any atom is 0.00157 e. The van der Waals surface area contributed by atoms with Gasteiger partial charge in [-0.15, -0.1) is 0 Å². The summed E-state index contributed by atoms with van der Waals surface area (Å²) in [6.07, 6.45) is 2.85. The Kier molecular flexibility index (Phi) is 5.30. The van der Waals surface area contributed by atoms with E-state index in [0.29, 0.717) is 0 Å². The van der Waals surface area contributed by atoms with Gasteiger partial charge in [-0.2, -0.15) is 0 Å². The van der Waals surface area contributed by atoms with Crippen LogP contribution in [0.25, 0.3) is 0 Å². The first-order chi connectivity index (χ1) is 8.97. The summed E-state index contributed by atoms with van der Waals surface area (Å²) in [7, 11) is 2.28. The van der Waals surface area contributed by atoms with Gasteiger partial charge in [-0.1, -0.05) is 27.7 Å². The molecule has 2 nitrogen and oxygen atoms in total. The average Bonchev–Trinajstić information content (AvgIpc) is 2.34. The second-order valence-electron chi connectivity index (χ2n) is 7.72. The van der Waals surface area contributed by atoms with Crippen LogP contribution in [0, 0.1) is 29.6 Å². The van der Waals surface area contributed by atoms with E-state index in [-0.39, 0.29) is 0 Å². The molecule has 2 aliphatic heterocycles. The lowest BCUT2D eigenvalue weighted by Gasteiger charge is -2.43. The van der Waals surface area contributed by atoms with Crippen LogP contribution < -0.4 is 0 Å². The number of hydrogen-bond donors (Lipinski definition) is 0. The highest BCUT2D eigenvalue weighted by atomic mass is 15.1. The SMILES string of the molecule is CC(C)C1CCN(CC2[C@H](C)CN(C)C[C@@H]2C)CC1. The molecule has 1 unspecified atom stereocenters. The predicted molar refractivity (Wildman–Crippen MR) is 83.3 cm³/mol. The second kappa shape index (κ2) is 6.58. The first kappa shape index (κ1) is 15.3. The summed E-state index contributed by atoms with van der Waals surface area (Å²) in [6.45, 7) is 16.3. The minimum atomic E-state index is 0.858. The molecule has 0 saturated carbocycles. The third-order valence-electron chi connectivity index (χ3n) is 5.71. The van der Waals surface area contributed by atoms with Crippen LogP contribution in [0.4, 0.5) is 0 Å². The Balaban J connectivity index is 1.81. The summed E-state index contributed by atoms with van der Waals surface area (Å²) >= 11 is 0. The van der Waals surface area contributed by atoms with Crippen molar-refractivity contribution in [2.45, 2.75) is 40.5 Å². The summed E-state index contributed by atoms with van der Waals surface area (Å²) < 4.78 is 0. The normalized spacial score (nSPS) is 36.0. The maximum atomic E-state index is 2.75. The van der Waals surface area contributed by atoms with E-state index in [4.69, 9.17) is 0 Å². The van der Waals surface area contributed by atoms with E-state index in [9.17, 15) is 0 Å². The van der Waals surface area contributed by atoms with Gasteiger partial charge < -0.3 is 9.80 Å². The first-order valence-corrected chi connectivity index (χ1v) is 8.38. The van der Waals surface area contributed by atoms with Crippen LogP contribution in [0.1, 0.15) is 40.5 Å².